The van der Waals surface area contributed by atoms with Crippen LogP contribution in [0.25, 0.3) is 0 Å². The third-order valence-corrected chi connectivity index (χ3v) is 6.68. The number of hydrogen-bond donors (Lipinski definition) is 2. The van der Waals surface area contributed by atoms with E-state index >= 15 is 0 Å². The number of aromatic hydroxyl groups is 1. The Balaban J connectivity index is 1.50. The molecule has 2 bridgehead atoms. The van der Waals surface area contributed by atoms with E-state index in [1.54, 1.807) is 25.5 Å². The van der Waals surface area contributed by atoms with Gasteiger partial charge in [-0.15, -0.1) is 0 Å². The third kappa shape index (κ3) is 2.73. The van der Waals surface area contributed by atoms with Crippen molar-refractivity contribution in [1.82, 2.24) is 19.8 Å². The highest BCUT2D eigenvalue weighted by Crippen LogP contribution is 2.47. The summed E-state index contributed by atoms with van der Waals surface area (Å²) in [6.07, 6.45) is 5.51. The summed E-state index contributed by atoms with van der Waals surface area (Å²) in [4.78, 5) is 26.4. The molecule has 0 spiro atoms. The molecule has 28 heavy (non-hydrogen) atoms. The lowest BCUT2D eigenvalue weighted by Crippen LogP contribution is -2.60. The van der Waals surface area contributed by atoms with Crippen LogP contribution < -0.4 is 5.32 Å². The van der Waals surface area contributed by atoms with E-state index in [2.05, 4.69) is 26.3 Å². The Kier molecular flexibility index (Phi) is 4.19. The lowest BCUT2D eigenvalue weighted by Gasteiger charge is -2.51. The van der Waals surface area contributed by atoms with Crippen molar-refractivity contribution in [2.45, 2.75) is 30.8 Å². The van der Waals surface area contributed by atoms with Crippen LogP contribution >= 0.6 is 0 Å². The number of phenolic OH excluding ortho intramolecular Hbond substituents is 1. The van der Waals surface area contributed by atoms with Gasteiger partial charge in [-0.3, -0.25) is 9.69 Å². The van der Waals surface area contributed by atoms with Crippen LogP contribution in [0.4, 0.5) is 5.95 Å². The van der Waals surface area contributed by atoms with Gasteiger partial charge in [0.25, 0.3) is 5.91 Å². The summed E-state index contributed by atoms with van der Waals surface area (Å²) in [5, 5.41) is 12.9. The number of rotatable bonds is 3. The lowest BCUT2D eigenvalue weighted by molar-refractivity contribution is -0.00344. The van der Waals surface area contributed by atoms with Crippen LogP contribution in [0.1, 0.15) is 34.7 Å². The van der Waals surface area contributed by atoms with Crippen molar-refractivity contribution in [2.75, 3.05) is 32.0 Å². The highest BCUT2D eigenvalue weighted by molar-refractivity contribution is 5.94. The first-order chi connectivity index (χ1) is 13.7. The lowest BCUT2D eigenvalue weighted by atomic mass is 9.75. The number of nitrogens with one attached hydrogen (secondary N) is 1. The molecular weight excluding hydrogens is 354 g/mol. The molecule has 0 aliphatic carbocycles. The van der Waals surface area contributed by atoms with Crippen LogP contribution in [0, 0.1) is 5.92 Å². The molecular formula is C21H25N5O2. The number of phenols is 1. The Hall–Kier alpha value is -2.67. The molecule has 3 unspecified atom stereocenters. The smallest absolute Gasteiger partial charge is 0.257 e. The molecule has 1 amide bonds. The SMILES string of the molecule is CNc1ncc(C(=O)N2CC(c3cccc(O)c3)C3C2C2CCN3CC2)cn1. The van der Waals surface area contributed by atoms with Crippen LogP contribution in [0.15, 0.2) is 36.7 Å². The molecule has 3 atom stereocenters. The number of carbonyl (C=O) groups excluding carboxylic acids is 1. The van der Waals surface area contributed by atoms with E-state index in [4.69, 9.17) is 0 Å². The van der Waals surface area contributed by atoms with Crippen molar-refractivity contribution < 1.29 is 9.90 Å². The molecule has 0 saturated carbocycles. The van der Waals surface area contributed by atoms with E-state index in [0.717, 1.165) is 31.5 Å². The van der Waals surface area contributed by atoms with E-state index in [1.807, 2.05) is 17.0 Å². The van der Waals surface area contributed by atoms with E-state index in [-0.39, 0.29) is 23.6 Å². The Bertz CT molecular complexity index is 879. The van der Waals surface area contributed by atoms with Gasteiger partial charge in [0.15, 0.2) is 0 Å². The molecule has 146 valence electrons. The fraction of sp³-hybridized carbons (Fsp3) is 0.476. The highest BCUT2D eigenvalue weighted by atomic mass is 16.3. The zero-order valence-electron chi connectivity index (χ0n) is 16.0. The summed E-state index contributed by atoms with van der Waals surface area (Å²) in [5.74, 6) is 1.55. The molecule has 7 nitrogen and oxygen atoms in total. The summed E-state index contributed by atoms with van der Waals surface area (Å²) in [5.41, 5.74) is 1.64. The molecule has 6 rings (SSSR count). The van der Waals surface area contributed by atoms with Crippen LogP contribution in [-0.2, 0) is 0 Å². The monoisotopic (exact) mass is 379 g/mol. The molecule has 4 aliphatic heterocycles. The van der Waals surface area contributed by atoms with Gasteiger partial charge in [0, 0.05) is 37.9 Å². The van der Waals surface area contributed by atoms with E-state index < -0.39 is 0 Å². The summed E-state index contributed by atoms with van der Waals surface area (Å²) >= 11 is 0. The van der Waals surface area contributed by atoms with Crippen LogP contribution in [-0.4, -0.2) is 69.5 Å². The number of benzene rings is 1. The van der Waals surface area contributed by atoms with Gasteiger partial charge in [-0.1, -0.05) is 12.1 Å². The highest BCUT2D eigenvalue weighted by Gasteiger charge is 2.54. The second-order valence-electron chi connectivity index (χ2n) is 8.06. The van der Waals surface area contributed by atoms with E-state index in [0.29, 0.717) is 30.0 Å². The Morgan fingerprint density at radius 3 is 2.61 bits per heavy atom. The Labute approximate surface area is 164 Å². The van der Waals surface area contributed by atoms with Crippen LogP contribution in [0.2, 0.25) is 0 Å². The summed E-state index contributed by atoms with van der Waals surface area (Å²) < 4.78 is 0. The summed E-state index contributed by atoms with van der Waals surface area (Å²) in [6.45, 7) is 2.87. The van der Waals surface area contributed by atoms with Crippen LogP contribution in [0.5, 0.6) is 5.75 Å². The van der Waals surface area contributed by atoms with Crippen molar-refractivity contribution >= 4 is 11.9 Å². The number of anilines is 1. The zero-order chi connectivity index (χ0) is 19.3. The minimum absolute atomic E-state index is 0.00839. The first-order valence-electron chi connectivity index (χ1n) is 9.99. The molecule has 5 heterocycles. The molecule has 2 N–H and O–H groups in total. The Morgan fingerprint density at radius 2 is 1.93 bits per heavy atom. The van der Waals surface area contributed by atoms with Gasteiger partial charge in [0.2, 0.25) is 5.95 Å². The van der Waals surface area contributed by atoms with Crippen molar-refractivity contribution in [2.24, 2.45) is 5.92 Å². The third-order valence-electron chi connectivity index (χ3n) is 6.68. The number of fused-ring (bicyclic) bond motifs is 2. The molecule has 2 aromatic rings. The van der Waals surface area contributed by atoms with Gasteiger partial charge in [-0.2, -0.15) is 0 Å². The molecule has 1 aromatic heterocycles. The standard InChI is InChI=1S/C21H25N5O2/c1-22-21-23-10-15(11-24-21)20(28)26-12-17(14-3-2-4-16(27)9-14)19-18(26)13-5-7-25(19)8-6-13/h2-4,9-11,13,17-19,27H,5-8,12H2,1H3,(H,22,23,24). The Morgan fingerprint density at radius 1 is 1.18 bits per heavy atom. The van der Waals surface area contributed by atoms with Crippen molar-refractivity contribution in [1.29, 1.82) is 0 Å². The predicted molar refractivity (Wildman–Crippen MR) is 105 cm³/mol. The topological polar surface area (TPSA) is 81.6 Å². The summed E-state index contributed by atoms with van der Waals surface area (Å²) in [7, 11) is 1.76. The molecule has 1 aromatic carbocycles. The van der Waals surface area contributed by atoms with Crippen molar-refractivity contribution in [3.63, 3.8) is 0 Å². The first-order valence-corrected chi connectivity index (χ1v) is 9.99. The van der Waals surface area contributed by atoms with Gasteiger partial charge in [0.05, 0.1) is 11.6 Å². The van der Waals surface area contributed by atoms with Gasteiger partial charge >= 0.3 is 0 Å². The summed E-state index contributed by atoms with van der Waals surface area (Å²) in [6, 6.07) is 8.05. The first kappa shape index (κ1) is 17.4. The van der Waals surface area contributed by atoms with Gasteiger partial charge in [-0.25, -0.2) is 9.97 Å². The van der Waals surface area contributed by atoms with Gasteiger partial charge in [0.1, 0.15) is 5.75 Å². The maximum absolute atomic E-state index is 13.4. The van der Waals surface area contributed by atoms with Gasteiger partial charge in [-0.05, 0) is 49.5 Å². The average Bonchev–Trinajstić information content (AvgIpc) is 3.17. The number of nitrogens with zero attached hydrogens (tertiary/aromatic N) is 4. The van der Waals surface area contributed by atoms with Gasteiger partial charge < -0.3 is 15.3 Å². The fourth-order valence-corrected chi connectivity index (χ4v) is 5.44. The second kappa shape index (κ2) is 6.74. The molecule has 7 heteroatoms. The zero-order valence-corrected chi connectivity index (χ0v) is 16.0. The number of aromatic nitrogens is 2. The molecule has 4 fully saturated rings. The van der Waals surface area contributed by atoms with Crippen LogP contribution in [0.3, 0.4) is 0 Å². The van der Waals surface area contributed by atoms with Crippen molar-refractivity contribution in [3.8, 4) is 5.75 Å². The second-order valence-corrected chi connectivity index (χ2v) is 8.06. The number of likely N-dealkylation sites (tertiary alicyclic amines) is 1. The minimum Gasteiger partial charge on any atom is -0.508 e. The number of carbonyl (C=O) groups is 1. The largest absolute Gasteiger partial charge is 0.508 e. The maximum Gasteiger partial charge on any atom is 0.257 e. The molecule has 4 aliphatic rings. The molecule has 0 radical (unpaired) electrons. The number of hydrogen-bond acceptors (Lipinski definition) is 6. The normalized spacial score (nSPS) is 30.9. The minimum atomic E-state index is 0.00839. The number of amides is 1. The maximum atomic E-state index is 13.4. The van der Waals surface area contributed by atoms with Crippen molar-refractivity contribution in [3.05, 3.63) is 47.8 Å². The number of piperidine rings is 3. The quantitative estimate of drug-likeness (QED) is 0.848. The van der Waals surface area contributed by atoms with E-state index in [9.17, 15) is 9.90 Å². The average molecular weight is 379 g/mol. The predicted octanol–water partition coefficient (Wildman–Crippen LogP) is 1.93. The van der Waals surface area contributed by atoms with E-state index in [1.165, 1.54) is 0 Å². The fourth-order valence-electron chi connectivity index (χ4n) is 5.44. The molecule has 4 saturated heterocycles.